The lowest BCUT2D eigenvalue weighted by molar-refractivity contribution is 0.0472. The zero-order valence-electron chi connectivity index (χ0n) is 14.5. The molecule has 0 radical (unpaired) electrons. The van der Waals surface area contributed by atoms with Crippen molar-refractivity contribution >= 4 is 27.6 Å². The fourth-order valence-electron chi connectivity index (χ4n) is 2.93. The fraction of sp³-hybridized carbons (Fsp3) is 0.316. The molecule has 0 saturated carbocycles. The monoisotopic (exact) mass is 411 g/mol. The van der Waals surface area contributed by atoms with Crippen molar-refractivity contribution < 1.29 is 22.3 Å². The van der Waals surface area contributed by atoms with Gasteiger partial charge in [-0.15, -0.1) is 0 Å². The summed E-state index contributed by atoms with van der Waals surface area (Å²) in [6.45, 7) is 0.782. The van der Waals surface area contributed by atoms with Gasteiger partial charge in [0.15, 0.2) is 0 Å². The molecule has 3 rings (SSSR count). The Morgan fingerprint density at radius 3 is 2.56 bits per heavy atom. The largest absolute Gasteiger partial charge is 0.457 e. The summed E-state index contributed by atoms with van der Waals surface area (Å²) in [6, 6.07) is 9.67. The van der Waals surface area contributed by atoms with E-state index in [-0.39, 0.29) is 22.1 Å². The van der Waals surface area contributed by atoms with Crippen LogP contribution in [0.2, 0.25) is 5.02 Å². The second-order valence-electron chi connectivity index (χ2n) is 6.31. The Bertz CT molecular complexity index is 942. The van der Waals surface area contributed by atoms with Gasteiger partial charge in [0.25, 0.3) is 0 Å². The van der Waals surface area contributed by atoms with Crippen LogP contribution in [0, 0.1) is 5.82 Å². The zero-order valence-corrected chi connectivity index (χ0v) is 16.1. The van der Waals surface area contributed by atoms with E-state index in [0.717, 1.165) is 19.3 Å². The number of benzene rings is 2. The van der Waals surface area contributed by atoms with Gasteiger partial charge in [0.1, 0.15) is 12.4 Å². The molecule has 0 aromatic heterocycles. The van der Waals surface area contributed by atoms with Crippen LogP contribution in [-0.2, 0) is 21.4 Å². The van der Waals surface area contributed by atoms with Crippen LogP contribution in [0.25, 0.3) is 0 Å². The molecule has 0 aliphatic carbocycles. The minimum atomic E-state index is -3.69. The lowest BCUT2D eigenvalue weighted by Crippen LogP contribution is -2.35. The Morgan fingerprint density at radius 1 is 1.11 bits per heavy atom. The quantitative estimate of drug-likeness (QED) is 0.697. The van der Waals surface area contributed by atoms with Crippen LogP contribution in [0.1, 0.15) is 35.2 Å². The van der Waals surface area contributed by atoms with Gasteiger partial charge in [-0.1, -0.05) is 30.2 Å². The van der Waals surface area contributed by atoms with E-state index in [1.54, 1.807) is 6.07 Å². The molecule has 0 bridgehead atoms. The Hall–Kier alpha value is -1.96. The highest BCUT2D eigenvalue weighted by Gasteiger charge is 2.27. The second-order valence-corrected chi connectivity index (χ2v) is 8.66. The maximum Gasteiger partial charge on any atom is 0.340 e. The van der Waals surface area contributed by atoms with Gasteiger partial charge in [-0.25, -0.2) is 17.6 Å². The number of ether oxygens (including phenoxy) is 1. The van der Waals surface area contributed by atoms with E-state index in [1.165, 1.54) is 40.7 Å². The number of piperidine rings is 1. The number of hydrogen-bond donors (Lipinski definition) is 0. The minimum Gasteiger partial charge on any atom is -0.457 e. The molecule has 0 spiro atoms. The second kappa shape index (κ2) is 8.37. The van der Waals surface area contributed by atoms with E-state index in [1.807, 2.05) is 0 Å². The van der Waals surface area contributed by atoms with Crippen molar-refractivity contribution in [1.82, 2.24) is 4.31 Å². The first kappa shape index (κ1) is 19.8. The Kier molecular flexibility index (Phi) is 6.14. The van der Waals surface area contributed by atoms with Gasteiger partial charge in [0.05, 0.1) is 15.5 Å². The van der Waals surface area contributed by atoms with Crippen LogP contribution in [0.4, 0.5) is 4.39 Å². The number of carbonyl (C=O) groups is 1. The fourth-order valence-corrected chi connectivity index (χ4v) is 4.67. The van der Waals surface area contributed by atoms with Crippen LogP contribution in [0.3, 0.4) is 0 Å². The van der Waals surface area contributed by atoms with Crippen molar-refractivity contribution in [3.05, 3.63) is 64.4 Å². The summed E-state index contributed by atoms with van der Waals surface area (Å²) in [5.74, 6) is -1.20. The van der Waals surface area contributed by atoms with Crippen LogP contribution in [-0.4, -0.2) is 31.8 Å². The number of carbonyl (C=O) groups excluding carboxylic acids is 1. The Labute approximate surface area is 162 Å². The molecule has 0 N–H and O–H groups in total. The first-order chi connectivity index (χ1) is 12.9. The smallest absolute Gasteiger partial charge is 0.340 e. The van der Waals surface area contributed by atoms with Crippen LogP contribution < -0.4 is 0 Å². The third kappa shape index (κ3) is 4.66. The molecule has 1 fully saturated rings. The normalized spacial score (nSPS) is 15.5. The summed E-state index contributed by atoms with van der Waals surface area (Å²) in [5, 5.41) is 0.0943. The third-order valence-electron chi connectivity index (χ3n) is 4.37. The number of nitrogens with zero attached hydrogens (tertiary/aromatic N) is 1. The highest BCUT2D eigenvalue weighted by atomic mass is 35.5. The molecule has 1 saturated heterocycles. The van der Waals surface area contributed by atoms with Crippen LogP contribution in [0.15, 0.2) is 47.4 Å². The van der Waals surface area contributed by atoms with Crippen molar-refractivity contribution in [2.45, 2.75) is 30.8 Å². The summed E-state index contributed by atoms with van der Waals surface area (Å²) < 4.78 is 45.3. The van der Waals surface area contributed by atoms with E-state index >= 15 is 0 Å². The van der Waals surface area contributed by atoms with E-state index in [4.69, 9.17) is 16.3 Å². The first-order valence-electron chi connectivity index (χ1n) is 8.59. The molecule has 5 nitrogen and oxygen atoms in total. The summed E-state index contributed by atoms with van der Waals surface area (Å²) in [4.78, 5) is 12.4. The predicted octanol–water partition coefficient (Wildman–Crippen LogP) is 4.01. The molecular weight excluding hydrogens is 393 g/mol. The molecule has 27 heavy (non-hydrogen) atoms. The average molecular weight is 412 g/mol. The first-order valence-corrected chi connectivity index (χ1v) is 10.4. The molecule has 144 valence electrons. The maximum atomic E-state index is 13.2. The predicted molar refractivity (Wildman–Crippen MR) is 99.6 cm³/mol. The highest BCUT2D eigenvalue weighted by Crippen LogP contribution is 2.26. The Morgan fingerprint density at radius 2 is 1.85 bits per heavy atom. The van der Waals surface area contributed by atoms with Crippen molar-refractivity contribution in [3.63, 3.8) is 0 Å². The van der Waals surface area contributed by atoms with E-state index in [9.17, 15) is 17.6 Å². The van der Waals surface area contributed by atoms with Crippen molar-refractivity contribution in [1.29, 1.82) is 0 Å². The number of hydrogen-bond acceptors (Lipinski definition) is 4. The molecule has 2 aromatic carbocycles. The van der Waals surface area contributed by atoms with Gasteiger partial charge in [-0.05, 0) is 48.7 Å². The zero-order chi connectivity index (χ0) is 19.4. The van der Waals surface area contributed by atoms with Gasteiger partial charge in [0.2, 0.25) is 10.0 Å². The highest BCUT2D eigenvalue weighted by molar-refractivity contribution is 7.89. The molecule has 0 unspecified atom stereocenters. The van der Waals surface area contributed by atoms with Crippen molar-refractivity contribution in [2.24, 2.45) is 0 Å². The summed E-state index contributed by atoms with van der Waals surface area (Å²) >= 11 is 6.06. The molecule has 1 aliphatic heterocycles. The molecule has 0 amide bonds. The summed E-state index contributed by atoms with van der Waals surface area (Å²) in [7, 11) is -3.69. The Balaban J connectivity index is 1.79. The summed E-state index contributed by atoms with van der Waals surface area (Å²) in [6.07, 6.45) is 2.63. The number of esters is 1. The molecule has 0 atom stereocenters. The number of sulfonamides is 1. The molecule has 1 aliphatic rings. The van der Waals surface area contributed by atoms with Crippen LogP contribution >= 0.6 is 11.6 Å². The summed E-state index contributed by atoms with van der Waals surface area (Å²) in [5.41, 5.74) is 0.447. The van der Waals surface area contributed by atoms with Crippen molar-refractivity contribution in [3.8, 4) is 0 Å². The molecule has 1 heterocycles. The van der Waals surface area contributed by atoms with Gasteiger partial charge in [-0.3, -0.25) is 0 Å². The standard InChI is InChI=1S/C19H19ClFNO4S/c20-18-8-7-16(27(24,25)22-9-2-1-3-10-22)12-17(18)19(23)26-13-14-5-4-6-15(21)11-14/h4-8,11-12H,1-3,9-10,13H2. The number of rotatable bonds is 5. The minimum absolute atomic E-state index is 0.00602. The maximum absolute atomic E-state index is 13.2. The van der Waals surface area contributed by atoms with Gasteiger partial charge in [0, 0.05) is 13.1 Å². The van der Waals surface area contributed by atoms with Gasteiger partial charge in [-0.2, -0.15) is 4.31 Å². The third-order valence-corrected chi connectivity index (χ3v) is 6.59. The van der Waals surface area contributed by atoms with E-state index in [0.29, 0.717) is 18.7 Å². The van der Waals surface area contributed by atoms with Crippen molar-refractivity contribution in [2.75, 3.05) is 13.1 Å². The average Bonchev–Trinajstić information content (AvgIpc) is 2.67. The topological polar surface area (TPSA) is 63.7 Å². The molecular formula is C19H19ClFNO4S. The molecule has 2 aromatic rings. The lowest BCUT2D eigenvalue weighted by atomic mass is 10.2. The lowest BCUT2D eigenvalue weighted by Gasteiger charge is -2.26. The van der Waals surface area contributed by atoms with Gasteiger partial charge >= 0.3 is 5.97 Å². The molecule has 8 heteroatoms. The van der Waals surface area contributed by atoms with Crippen LogP contribution in [0.5, 0.6) is 0 Å². The van der Waals surface area contributed by atoms with E-state index in [2.05, 4.69) is 0 Å². The SMILES string of the molecule is O=C(OCc1cccc(F)c1)c1cc(S(=O)(=O)N2CCCCC2)ccc1Cl. The number of halogens is 2. The van der Waals surface area contributed by atoms with E-state index < -0.39 is 21.8 Å². The van der Waals surface area contributed by atoms with Gasteiger partial charge < -0.3 is 4.74 Å².